The molecule has 1 atom stereocenters. The second kappa shape index (κ2) is 55.4. The van der Waals surface area contributed by atoms with Crippen LogP contribution in [0, 0.1) is 0 Å². The summed E-state index contributed by atoms with van der Waals surface area (Å²) < 4.78 is 16.8. The first-order valence-electron chi connectivity index (χ1n) is 28.4. The van der Waals surface area contributed by atoms with Gasteiger partial charge < -0.3 is 14.2 Å². The second-order valence-electron chi connectivity index (χ2n) is 18.8. The van der Waals surface area contributed by atoms with Crippen molar-refractivity contribution < 1.29 is 28.6 Å². The molecule has 0 rings (SSSR count). The average Bonchev–Trinajstić information content (AvgIpc) is 3.33. The lowest BCUT2D eigenvalue weighted by atomic mass is 10.0. The van der Waals surface area contributed by atoms with Crippen LogP contribution in [0.15, 0.2) is 72.9 Å². The summed E-state index contributed by atoms with van der Waals surface area (Å²) in [5, 5.41) is 0. The van der Waals surface area contributed by atoms with Crippen LogP contribution in [0.4, 0.5) is 0 Å². The Kier molecular flexibility index (Phi) is 52.8. The van der Waals surface area contributed by atoms with Crippen LogP contribution in [0.1, 0.15) is 278 Å². The van der Waals surface area contributed by atoms with Crippen molar-refractivity contribution in [3.8, 4) is 0 Å². The van der Waals surface area contributed by atoms with Crippen molar-refractivity contribution in [2.45, 2.75) is 284 Å². The molecule has 67 heavy (non-hydrogen) atoms. The molecular weight excluding hydrogens is 829 g/mol. The van der Waals surface area contributed by atoms with E-state index in [0.717, 1.165) is 109 Å². The molecule has 0 saturated heterocycles. The molecule has 0 bridgehead atoms. The highest BCUT2D eigenvalue weighted by atomic mass is 16.6. The maximum Gasteiger partial charge on any atom is 0.306 e. The van der Waals surface area contributed by atoms with E-state index in [1.54, 1.807) is 0 Å². The molecule has 0 aromatic carbocycles. The van der Waals surface area contributed by atoms with E-state index in [9.17, 15) is 14.4 Å². The van der Waals surface area contributed by atoms with Gasteiger partial charge in [0.15, 0.2) is 6.10 Å². The number of hydrogen-bond donors (Lipinski definition) is 0. The number of esters is 3. The first kappa shape index (κ1) is 63.8. The molecule has 6 heteroatoms. The molecular formula is C61H106O6. The van der Waals surface area contributed by atoms with Crippen molar-refractivity contribution >= 4 is 17.9 Å². The molecule has 0 N–H and O–H groups in total. The van der Waals surface area contributed by atoms with Gasteiger partial charge in [0.1, 0.15) is 13.2 Å². The Morgan fingerprint density at radius 3 is 0.940 bits per heavy atom. The summed E-state index contributed by atoms with van der Waals surface area (Å²) in [4.78, 5) is 38.0. The van der Waals surface area contributed by atoms with Crippen molar-refractivity contribution in [1.29, 1.82) is 0 Å². The highest BCUT2D eigenvalue weighted by Gasteiger charge is 2.19. The lowest BCUT2D eigenvalue weighted by Gasteiger charge is -2.18. The largest absolute Gasteiger partial charge is 0.462 e. The Morgan fingerprint density at radius 1 is 0.313 bits per heavy atom. The van der Waals surface area contributed by atoms with Crippen LogP contribution in [-0.4, -0.2) is 37.2 Å². The van der Waals surface area contributed by atoms with E-state index in [0.29, 0.717) is 19.3 Å². The summed E-state index contributed by atoms with van der Waals surface area (Å²) >= 11 is 0. The standard InChI is InChI=1S/C61H106O6/c1-4-7-10-13-16-19-21-23-25-26-27-28-29-30-31-32-33-34-36-37-39-42-45-48-51-54-60(63)66-57-58(56-65-59(62)53-50-47-44-41-18-15-12-9-6-3)67-61(64)55-52-49-46-43-40-38-35-24-22-20-17-14-11-8-5-2/h7,10,16-17,19-20,23-25,27-28,35,58H,4-6,8-9,11-15,18,21-22,26,29-34,36-57H2,1-3H3/b10-7-,19-16-,20-17-,25-23-,28-27-,35-24-. The summed E-state index contributed by atoms with van der Waals surface area (Å²) in [6.45, 7) is 6.48. The van der Waals surface area contributed by atoms with Gasteiger partial charge >= 0.3 is 17.9 Å². The summed E-state index contributed by atoms with van der Waals surface area (Å²) in [6.07, 6.45) is 70.4. The zero-order valence-electron chi connectivity index (χ0n) is 44.2. The summed E-state index contributed by atoms with van der Waals surface area (Å²) in [5.41, 5.74) is 0. The fourth-order valence-corrected chi connectivity index (χ4v) is 7.93. The van der Waals surface area contributed by atoms with E-state index in [1.165, 1.54) is 128 Å². The predicted molar refractivity (Wildman–Crippen MR) is 288 cm³/mol. The van der Waals surface area contributed by atoms with E-state index in [1.807, 2.05) is 0 Å². The highest BCUT2D eigenvalue weighted by molar-refractivity contribution is 5.71. The highest BCUT2D eigenvalue weighted by Crippen LogP contribution is 2.15. The first-order chi connectivity index (χ1) is 33.0. The minimum atomic E-state index is -0.780. The first-order valence-corrected chi connectivity index (χ1v) is 28.4. The Morgan fingerprint density at radius 2 is 0.582 bits per heavy atom. The van der Waals surface area contributed by atoms with E-state index in [-0.39, 0.29) is 31.1 Å². The number of allylic oxidation sites excluding steroid dienone is 12. The fraction of sp³-hybridized carbons (Fsp3) is 0.754. The van der Waals surface area contributed by atoms with Crippen LogP contribution >= 0.6 is 0 Å². The SMILES string of the molecule is CC/C=C\C/C=C\C/C=C\C/C=C\CCCCCCCCCCCCCCC(=O)OCC(COC(=O)CCCCCCCCCCC)OC(=O)CCCCCCC/C=C\C/C=C\CCCCC. The van der Waals surface area contributed by atoms with Gasteiger partial charge in [-0.3, -0.25) is 14.4 Å². The monoisotopic (exact) mass is 935 g/mol. The number of unbranched alkanes of at least 4 members (excludes halogenated alkanes) is 28. The van der Waals surface area contributed by atoms with Crippen molar-refractivity contribution in [2.75, 3.05) is 13.2 Å². The third kappa shape index (κ3) is 53.7. The normalized spacial score (nSPS) is 12.6. The topological polar surface area (TPSA) is 78.9 Å². The summed E-state index contributed by atoms with van der Waals surface area (Å²) in [6, 6.07) is 0. The molecule has 0 aromatic heterocycles. The van der Waals surface area contributed by atoms with Gasteiger partial charge in [-0.2, -0.15) is 0 Å². The number of rotatable bonds is 51. The quantitative estimate of drug-likeness (QED) is 0.0262. The number of ether oxygens (including phenoxy) is 3. The Labute approximate surface area is 414 Å². The number of hydrogen-bond acceptors (Lipinski definition) is 6. The molecule has 0 aliphatic heterocycles. The van der Waals surface area contributed by atoms with Gasteiger partial charge in [-0.05, 0) is 89.9 Å². The van der Waals surface area contributed by atoms with Gasteiger partial charge in [-0.25, -0.2) is 0 Å². The molecule has 0 amide bonds. The van der Waals surface area contributed by atoms with Crippen molar-refractivity contribution in [3.05, 3.63) is 72.9 Å². The molecule has 6 nitrogen and oxygen atoms in total. The van der Waals surface area contributed by atoms with Crippen molar-refractivity contribution in [1.82, 2.24) is 0 Å². The second-order valence-corrected chi connectivity index (χ2v) is 18.8. The van der Waals surface area contributed by atoms with Crippen LogP contribution in [0.25, 0.3) is 0 Å². The van der Waals surface area contributed by atoms with Crippen LogP contribution in [0.2, 0.25) is 0 Å². The molecule has 0 saturated carbocycles. The molecule has 0 aromatic rings. The van der Waals surface area contributed by atoms with Crippen LogP contribution < -0.4 is 0 Å². The molecule has 0 aliphatic rings. The Balaban J connectivity index is 4.22. The van der Waals surface area contributed by atoms with Gasteiger partial charge in [0.05, 0.1) is 0 Å². The molecule has 0 heterocycles. The van der Waals surface area contributed by atoms with Crippen LogP contribution in [0.3, 0.4) is 0 Å². The molecule has 0 aliphatic carbocycles. The van der Waals surface area contributed by atoms with Gasteiger partial charge in [-0.15, -0.1) is 0 Å². The van der Waals surface area contributed by atoms with Crippen LogP contribution in [-0.2, 0) is 28.6 Å². The zero-order chi connectivity index (χ0) is 48.6. The summed E-state index contributed by atoms with van der Waals surface area (Å²) in [5.74, 6) is -0.891. The third-order valence-corrected chi connectivity index (χ3v) is 12.2. The lowest BCUT2D eigenvalue weighted by molar-refractivity contribution is -0.167. The molecule has 386 valence electrons. The third-order valence-electron chi connectivity index (χ3n) is 12.2. The fourth-order valence-electron chi connectivity index (χ4n) is 7.93. The number of carbonyl (C=O) groups excluding carboxylic acids is 3. The maximum absolute atomic E-state index is 12.8. The molecule has 1 unspecified atom stereocenters. The number of carbonyl (C=O) groups is 3. The molecule has 0 spiro atoms. The van der Waals surface area contributed by atoms with E-state index >= 15 is 0 Å². The zero-order valence-corrected chi connectivity index (χ0v) is 44.2. The Bertz CT molecular complexity index is 1260. The van der Waals surface area contributed by atoms with Crippen molar-refractivity contribution in [3.63, 3.8) is 0 Å². The van der Waals surface area contributed by atoms with Gasteiger partial charge in [0.25, 0.3) is 0 Å². The molecule has 0 radical (unpaired) electrons. The van der Waals surface area contributed by atoms with Crippen LogP contribution in [0.5, 0.6) is 0 Å². The Hall–Kier alpha value is -3.15. The van der Waals surface area contributed by atoms with E-state index in [2.05, 4.69) is 93.7 Å². The minimum Gasteiger partial charge on any atom is -0.462 e. The smallest absolute Gasteiger partial charge is 0.306 e. The average molecular weight is 936 g/mol. The minimum absolute atomic E-state index is 0.0792. The van der Waals surface area contributed by atoms with Gasteiger partial charge in [0, 0.05) is 19.3 Å². The summed E-state index contributed by atoms with van der Waals surface area (Å²) in [7, 11) is 0. The van der Waals surface area contributed by atoms with Crippen molar-refractivity contribution in [2.24, 2.45) is 0 Å². The molecule has 0 fully saturated rings. The van der Waals surface area contributed by atoms with Gasteiger partial charge in [-0.1, -0.05) is 241 Å². The van der Waals surface area contributed by atoms with E-state index in [4.69, 9.17) is 14.2 Å². The predicted octanol–water partition coefficient (Wildman–Crippen LogP) is 19.0. The van der Waals surface area contributed by atoms with Gasteiger partial charge in [0.2, 0.25) is 0 Å². The van der Waals surface area contributed by atoms with E-state index < -0.39 is 6.10 Å². The maximum atomic E-state index is 12.8. The lowest BCUT2D eigenvalue weighted by Crippen LogP contribution is -2.30.